The minimum absolute atomic E-state index is 0.0291. The summed E-state index contributed by atoms with van der Waals surface area (Å²) in [5.41, 5.74) is 1.29. The van der Waals surface area contributed by atoms with Crippen molar-refractivity contribution in [2.75, 3.05) is 10.6 Å². The maximum atomic E-state index is 11.2. The Morgan fingerprint density at radius 1 is 0.955 bits per heavy atom. The lowest BCUT2D eigenvalue weighted by atomic mass is 10.3. The fourth-order valence-electron chi connectivity index (χ4n) is 1.60. The van der Waals surface area contributed by atoms with Gasteiger partial charge in [-0.2, -0.15) is 0 Å². The van der Waals surface area contributed by atoms with Crippen LogP contribution in [0.4, 0.5) is 11.4 Å². The Balaban J connectivity index is 2.04. The van der Waals surface area contributed by atoms with Crippen LogP contribution < -0.4 is 15.8 Å². The van der Waals surface area contributed by atoms with Gasteiger partial charge in [0.05, 0.1) is 14.9 Å². The van der Waals surface area contributed by atoms with Crippen molar-refractivity contribution < 1.29 is 8.42 Å². The summed E-state index contributed by atoms with van der Waals surface area (Å²) in [6, 6.07) is 10.9. The van der Waals surface area contributed by atoms with E-state index in [2.05, 4.69) is 10.6 Å². The molecule has 0 aromatic heterocycles. The van der Waals surface area contributed by atoms with E-state index in [0.29, 0.717) is 26.5 Å². The SMILES string of the molecule is NS(=O)(=O)c1ccc(NC(=S)Nc2ccc(Cl)c(Cl)c2)cc1. The summed E-state index contributed by atoms with van der Waals surface area (Å²) in [7, 11) is -3.71. The number of halogens is 2. The zero-order valence-corrected chi connectivity index (χ0v) is 14.2. The van der Waals surface area contributed by atoms with Gasteiger partial charge in [0.15, 0.2) is 5.11 Å². The standard InChI is InChI=1S/C13H11Cl2N3O2S2/c14-11-6-3-9(7-12(11)15)18-13(21)17-8-1-4-10(5-2-8)22(16,19)20/h1-7H,(H2,16,19,20)(H2,17,18,21). The Hall–Kier alpha value is -1.38. The van der Waals surface area contributed by atoms with Gasteiger partial charge in [-0.15, -0.1) is 0 Å². The molecule has 0 atom stereocenters. The van der Waals surface area contributed by atoms with Crippen molar-refractivity contribution in [3.63, 3.8) is 0 Å². The van der Waals surface area contributed by atoms with Crippen molar-refractivity contribution in [3.8, 4) is 0 Å². The van der Waals surface area contributed by atoms with Gasteiger partial charge >= 0.3 is 0 Å². The highest BCUT2D eigenvalue weighted by atomic mass is 35.5. The minimum atomic E-state index is -3.71. The average molecular weight is 376 g/mol. The zero-order chi connectivity index (χ0) is 16.3. The van der Waals surface area contributed by atoms with Crippen LogP contribution >= 0.6 is 35.4 Å². The number of thiocarbonyl (C=S) groups is 1. The van der Waals surface area contributed by atoms with Crippen LogP contribution in [-0.4, -0.2) is 13.5 Å². The van der Waals surface area contributed by atoms with Crippen molar-refractivity contribution in [2.24, 2.45) is 5.14 Å². The first-order valence-corrected chi connectivity index (χ1v) is 8.63. The summed E-state index contributed by atoms with van der Waals surface area (Å²) in [6.07, 6.45) is 0. The third kappa shape index (κ3) is 4.56. The predicted molar refractivity (Wildman–Crippen MR) is 94.1 cm³/mol. The van der Waals surface area contributed by atoms with Gasteiger partial charge in [0.25, 0.3) is 0 Å². The van der Waals surface area contributed by atoms with Crippen LogP contribution in [0.15, 0.2) is 47.4 Å². The van der Waals surface area contributed by atoms with E-state index in [1.54, 1.807) is 30.3 Å². The largest absolute Gasteiger partial charge is 0.332 e. The molecule has 4 N–H and O–H groups in total. The number of sulfonamides is 1. The van der Waals surface area contributed by atoms with Gasteiger partial charge in [-0.25, -0.2) is 13.6 Å². The van der Waals surface area contributed by atoms with Crippen LogP contribution in [0.5, 0.6) is 0 Å². The third-order valence-electron chi connectivity index (χ3n) is 2.62. The van der Waals surface area contributed by atoms with E-state index in [4.69, 9.17) is 40.6 Å². The van der Waals surface area contributed by atoms with Gasteiger partial charge in [-0.1, -0.05) is 23.2 Å². The number of benzene rings is 2. The summed E-state index contributed by atoms with van der Waals surface area (Å²) < 4.78 is 22.3. The van der Waals surface area contributed by atoms with Crippen LogP contribution in [0.3, 0.4) is 0 Å². The maximum Gasteiger partial charge on any atom is 0.238 e. The van der Waals surface area contributed by atoms with Crippen molar-refractivity contribution in [1.82, 2.24) is 0 Å². The normalized spacial score (nSPS) is 11.0. The van der Waals surface area contributed by atoms with E-state index in [9.17, 15) is 8.42 Å². The molecule has 9 heteroatoms. The zero-order valence-electron chi connectivity index (χ0n) is 11.0. The fourth-order valence-corrected chi connectivity index (χ4v) is 2.64. The Labute approximate surface area is 143 Å². The molecule has 0 spiro atoms. The number of primary sulfonamides is 1. The van der Waals surface area contributed by atoms with Gasteiger partial charge < -0.3 is 10.6 Å². The Bertz CT molecular complexity index is 809. The van der Waals surface area contributed by atoms with Crippen LogP contribution in [0.2, 0.25) is 10.0 Å². The first-order chi connectivity index (χ1) is 10.3. The molecule has 0 bridgehead atoms. The molecule has 0 amide bonds. The molecule has 2 aromatic carbocycles. The van der Waals surface area contributed by atoms with Gasteiger partial charge in [-0.3, -0.25) is 0 Å². The molecule has 22 heavy (non-hydrogen) atoms. The van der Waals surface area contributed by atoms with Gasteiger partial charge in [0.1, 0.15) is 0 Å². The highest BCUT2D eigenvalue weighted by Gasteiger charge is 2.07. The molecule has 0 fully saturated rings. The van der Waals surface area contributed by atoms with E-state index in [1.807, 2.05) is 0 Å². The summed E-state index contributed by atoms with van der Waals surface area (Å²) in [4.78, 5) is 0.0291. The van der Waals surface area contributed by atoms with Crippen molar-refractivity contribution in [3.05, 3.63) is 52.5 Å². The van der Waals surface area contributed by atoms with E-state index in [-0.39, 0.29) is 4.90 Å². The van der Waals surface area contributed by atoms with Gasteiger partial charge in [0, 0.05) is 11.4 Å². The molecular weight excluding hydrogens is 365 g/mol. The minimum Gasteiger partial charge on any atom is -0.332 e. The molecule has 0 aliphatic carbocycles. The highest BCUT2D eigenvalue weighted by Crippen LogP contribution is 2.25. The van der Waals surface area contributed by atoms with Crippen LogP contribution in [0.1, 0.15) is 0 Å². The predicted octanol–water partition coefficient (Wildman–Crippen LogP) is 3.45. The Kier molecular flexibility index (Phi) is 5.25. The molecule has 0 heterocycles. The molecule has 0 aliphatic heterocycles. The molecule has 116 valence electrons. The fraction of sp³-hybridized carbons (Fsp3) is 0. The first kappa shape index (κ1) is 17.0. The van der Waals surface area contributed by atoms with Crippen molar-refractivity contribution in [1.29, 1.82) is 0 Å². The second kappa shape index (κ2) is 6.80. The summed E-state index contributed by atoms with van der Waals surface area (Å²) in [5.74, 6) is 0. The second-order valence-corrected chi connectivity index (χ2v) is 7.06. The van der Waals surface area contributed by atoms with E-state index >= 15 is 0 Å². The second-order valence-electron chi connectivity index (χ2n) is 4.28. The third-order valence-corrected chi connectivity index (χ3v) is 4.49. The number of hydrogen-bond donors (Lipinski definition) is 3. The lowest BCUT2D eigenvalue weighted by Crippen LogP contribution is -2.19. The number of nitrogens with two attached hydrogens (primary N) is 1. The molecule has 0 unspecified atom stereocenters. The number of hydrogen-bond acceptors (Lipinski definition) is 3. The monoisotopic (exact) mass is 375 g/mol. The quantitative estimate of drug-likeness (QED) is 0.715. The van der Waals surface area contributed by atoms with Crippen LogP contribution in [0.25, 0.3) is 0 Å². The smallest absolute Gasteiger partial charge is 0.238 e. The van der Waals surface area contributed by atoms with Crippen molar-refractivity contribution >= 4 is 61.9 Å². The van der Waals surface area contributed by atoms with E-state index < -0.39 is 10.0 Å². The molecule has 0 radical (unpaired) electrons. The molecular formula is C13H11Cl2N3O2S2. The Morgan fingerprint density at radius 2 is 1.50 bits per heavy atom. The topological polar surface area (TPSA) is 84.2 Å². The number of nitrogens with one attached hydrogen (secondary N) is 2. The number of rotatable bonds is 3. The van der Waals surface area contributed by atoms with E-state index in [1.165, 1.54) is 12.1 Å². The molecule has 5 nitrogen and oxygen atoms in total. The summed E-state index contributed by atoms with van der Waals surface area (Å²) in [5, 5.41) is 12.1. The molecule has 2 aromatic rings. The molecule has 0 saturated carbocycles. The van der Waals surface area contributed by atoms with Crippen molar-refractivity contribution in [2.45, 2.75) is 4.90 Å². The first-order valence-electron chi connectivity index (χ1n) is 5.91. The van der Waals surface area contributed by atoms with Gasteiger partial charge in [-0.05, 0) is 54.7 Å². The maximum absolute atomic E-state index is 11.2. The lowest BCUT2D eigenvalue weighted by Gasteiger charge is -2.11. The van der Waals surface area contributed by atoms with Gasteiger partial charge in [0.2, 0.25) is 10.0 Å². The summed E-state index contributed by atoms with van der Waals surface area (Å²) >= 11 is 16.9. The molecule has 0 saturated heterocycles. The highest BCUT2D eigenvalue weighted by molar-refractivity contribution is 7.89. The average Bonchev–Trinajstić information content (AvgIpc) is 2.42. The summed E-state index contributed by atoms with van der Waals surface area (Å²) in [6.45, 7) is 0. The van der Waals surface area contributed by atoms with Crippen LogP contribution in [0, 0.1) is 0 Å². The Morgan fingerprint density at radius 3 is 2.05 bits per heavy atom. The van der Waals surface area contributed by atoms with E-state index in [0.717, 1.165) is 0 Å². The molecule has 2 rings (SSSR count). The van der Waals surface area contributed by atoms with Crippen LogP contribution in [-0.2, 0) is 10.0 Å². The lowest BCUT2D eigenvalue weighted by molar-refractivity contribution is 0.598. The number of anilines is 2. The molecule has 0 aliphatic rings.